The minimum Gasteiger partial charge on any atom is -0.508 e. The molecule has 0 bridgehead atoms. The van der Waals surface area contributed by atoms with Gasteiger partial charge in [-0.1, -0.05) is 41.6 Å². The van der Waals surface area contributed by atoms with Crippen LogP contribution in [0.5, 0.6) is 5.75 Å². The van der Waals surface area contributed by atoms with Crippen LogP contribution in [0.1, 0.15) is 39.5 Å². The Kier molecular flexibility index (Phi) is 4.80. The fourth-order valence-electron chi connectivity index (χ4n) is 4.21. The van der Waals surface area contributed by atoms with Crippen LogP contribution in [-0.2, 0) is 12.8 Å². The molecular weight excluding hydrogens is 396 g/mol. The molecule has 0 fully saturated rings. The van der Waals surface area contributed by atoms with E-state index >= 15 is 0 Å². The number of nitrogens with zero attached hydrogens (tertiary/aromatic N) is 2. The summed E-state index contributed by atoms with van der Waals surface area (Å²) in [5.41, 5.74) is 5.32. The summed E-state index contributed by atoms with van der Waals surface area (Å²) in [6.45, 7) is 4.29. The molecule has 4 aromatic rings. The van der Waals surface area contributed by atoms with E-state index in [4.69, 9.17) is 0 Å². The lowest BCUT2D eigenvalue weighted by atomic mass is 9.83. The lowest BCUT2D eigenvalue weighted by molar-refractivity contribution is 0.474. The van der Waals surface area contributed by atoms with Gasteiger partial charge in [-0.15, -0.1) is 11.3 Å². The number of aromatic nitrogens is 2. The average Bonchev–Trinajstić information content (AvgIpc) is 3.09. The molecule has 2 aromatic heterocycles. The first-order valence-electron chi connectivity index (χ1n) is 9.88. The molecule has 0 amide bonds. The van der Waals surface area contributed by atoms with Gasteiger partial charge >= 0.3 is 0 Å². The van der Waals surface area contributed by atoms with E-state index in [1.807, 2.05) is 11.3 Å². The molecule has 2 heterocycles. The maximum atomic E-state index is 9.58. The molecule has 0 aliphatic heterocycles. The second kappa shape index (κ2) is 7.47. The van der Waals surface area contributed by atoms with Gasteiger partial charge in [-0.25, -0.2) is 9.97 Å². The number of hydrogen-bond acceptors (Lipinski definition) is 5. The molecule has 1 atom stereocenters. The minimum absolute atomic E-state index is 0.329. The molecule has 0 radical (unpaired) electrons. The summed E-state index contributed by atoms with van der Waals surface area (Å²) in [4.78, 5) is 13.1. The Labute approximate surface area is 178 Å². The first-order valence-corrected chi connectivity index (χ1v) is 11.5. The van der Waals surface area contributed by atoms with Crippen LogP contribution in [0.3, 0.4) is 0 Å². The van der Waals surface area contributed by atoms with Gasteiger partial charge in [-0.05, 0) is 73.9 Å². The zero-order valence-electron chi connectivity index (χ0n) is 16.5. The fraction of sp³-hybridized carbons (Fsp3) is 0.250. The van der Waals surface area contributed by atoms with E-state index in [0.29, 0.717) is 11.7 Å². The molecule has 1 aliphatic carbocycles. The summed E-state index contributed by atoms with van der Waals surface area (Å²) in [6.07, 6.45) is 4.91. The van der Waals surface area contributed by atoms with Crippen molar-refractivity contribution in [1.82, 2.24) is 9.97 Å². The minimum atomic E-state index is 0.329. The molecule has 1 unspecified atom stereocenters. The quantitative estimate of drug-likeness (QED) is 0.389. The Bertz CT molecular complexity index is 1200. The Morgan fingerprint density at radius 1 is 1.07 bits per heavy atom. The molecule has 0 spiro atoms. The van der Waals surface area contributed by atoms with Crippen molar-refractivity contribution in [2.75, 3.05) is 0 Å². The monoisotopic (exact) mass is 418 g/mol. The molecule has 0 saturated heterocycles. The van der Waals surface area contributed by atoms with Crippen molar-refractivity contribution in [1.29, 1.82) is 0 Å². The fourth-order valence-corrected chi connectivity index (χ4v) is 6.53. The van der Waals surface area contributed by atoms with Gasteiger partial charge in [-0.2, -0.15) is 0 Å². The second-order valence-electron chi connectivity index (χ2n) is 7.77. The first-order chi connectivity index (χ1) is 14.1. The molecule has 5 rings (SSSR count). The molecular formula is C24H22N2OS2. The lowest BCUT2D eigenvalue weighted by Crippen LogP contribution is -2.10. The highest BCUT2D eigenvalue weighted by Gasteiger charge is 2.26. The molecule has 3 nitrogen and oxygen atoms in total. The summed E-state index contributed by atoms with van der Waals surface area (Å²) in [5, 5.41) is 11.9. The van der Waals surface area contributed by atoms with E-state index in [9.17, 15) is 5.11 Å². The molecule has 0 saturated carbocycles. The molecule has 1 N–H and O–H groups in total. The standard InChI is InChI=1S/C24H22N2OS2/c1-14-3-10-20(15(2)11-14)28-23-22-19-9-6-17(16-4-7-18(27)8-5-16)12-21(19)29-24(22)26-13-25-23/h3-5,7-8,10-11,13,17,27H,6,9,12H2,1-2H3. The number of aromatic hydroxyl groups is 1. The Morgan fingerprint density at radius 3 is 2.69 bits per heavy atom. The maximum absolute atomic E-state index is 9.58. The first kappa shape index (κ1) is 18.6. The van der Waals surface area contributed by atoms with Gasteiger partial charge in [0.2, 0.25) is 0 Å². The van der Waals surface area contributed by atoms with Crippen LogP contribution < -0.4 is 0 Å². The molecule has 5 heteroatoms. The maximum Gasteiger partial charge on any atom is 0.128 e. The smallest absolute Gasteiger partial charge is 0.128 e. The van der Waals surface area contributed by atoms with Crippen molar-refractivity contribution < 1.29 is 5.11 Å². The topological polar surface area (TPSA) is 46.0 Å². The highest BCUT2D eigenvalue weighted by Crippen LogP contribution is 2.44. The summed E-state index contributed by atoms with van der Waals surface area (Å²) in [5.74, 6) is 0.829. The van der Waals surface area contributed by atoms with E-state index in [1.165, 1.54) is 37.4 Å². The number of aryl methyl sites for hydroxylation is 3. The predicted molar refractivity (Wildman–Crippen MR) is 120 cm³/mol. The van der Waals surface area contributed by atoms with Gasteiger partial charge in [0.25, 0.3) is 0 Å². The van der Waals surface area contributed by atoms with Crippen molar-refractivity contribution in [3.63, 3.8) is 0 Å². The van der Waals surface area contributed by atoms with Crippen molar-refractivity contribution in [2.24, 2.45) is 0 Å². The van der Waals surface area contributed by atoms with E-state index in [1.54, 1.807) is 30.2 Å². The second-order valence-corrected chi connectivity index (χ2v) is 9.88. The predicted octanol–water partition coefficient (Wildman–Crippen LogP) is 6.44. The number of phenolic OH excluding ortho intramolecular Hbond substituents is 1. The summed E-state index contributed by atoms with van der Waals surface area (Å²) < 4.78 is 0. The van der Waals surface area contributed by atoms with Gasteiger partial charge in [0.15, 0.2) is 0 Å². The SMILES string of the molecule is Cc1ccc(Sc2ncnc3sc4c(c23)CCC(c2ccc(O)cc2)C4)c(C)c1. The highest BCUT2D eigenvalue weighted by molar-refractivity contribution is 7.99. The lowest BCUT2D eigenvalue weighted by Gasteiger charge is -2.23. The molecule has 29 heavy (non-hydrogen) atoms. The highest BCUT2D eigenvalue weighted by atomic mass is 32.2. The van der Waals surface area contributed by atoms with Crippen molar-refractivity contribution in [3.8, 4) is 5.75 Å². The third-order valence-electron chi connectivity index (χ3n) is 5.71. The number of thiophene rings is 1. The zero-order chi connectivity index (χ0) is 20.0. The van der Waals surface area contributed by atoms with Gasteiger partial charge in [-0.3, -0.25) is 0 Å². The van der Waals surface area contributed by atoms with Crippen LogP contribution >= 0.6 is 23.1 Å². The Hall–Kier alpha value is -2.37. The number of rotatable bonds is 3. The number of hydrogen-bond donors (Lipinski definition) is 1. The zero-order valence-corrected chi connectivity index (χ0v) is 18.1. The molecule has 1 aliphatic rings. The Balaban J connectivity index is 1.51. The summed E-state index contributed by atoms with van der Waals surface area (Å²) >= 11 is 3.58. The van der Waals surface area contributed by atoms with Gasteiger partial charge < -0.3 is 5.11 Å². The number of benzene rings is 2. The van der Waals surface area contributed by atoms with E-state index in [0.717, 1.165) is 29.1 Å². The van der Waals surface area contributed by atoms with E-state index in [2.05, 4.69) is 54.1 Å². The van der Waals surface area contributed by atoms with Crippen LogP contribution in [0.2, 0.25) is 0 Å². The van der Waals surface area contributed by atoms with Gasteiger partial charge in [0.1, 0.15) is 21.9 Å². The third-order valence-corrected chi connectivity index (χ3v) is 8.06. The van der Waals surface area contributed by atoms with E-state index in [-0.39, 0.29) is 0 Å². The molecule has 146 valence electrons. The molecule has 2 aromatic carbocycles. The van der Waals surface area contributed by atoms with Gasteiger partial charge in [0, 0.05) is 15.2 Å². The average molecular weight is 419 g/mol. The van der Waals surface area contributed by atoms with Crippen LogP contribution in [0.4, 0.5) is 0 Å². The third kappa shape index (κ3) is 3.53. The van der Waals surface area contributed by atoms with Crippen LogP contribution in [0.25, 0.3) is 10.2 Å². The largest absolute Gasteiger partial charge is 0.508 e. The van der Waals surface area contributed by atoms with Crippen LogP contribution in [-0.4, -0.2) is 15.1 Å². The van der Waals surface area contributed by atoms with Crippen molar-refractivity contribution in [2.45, 2.75) is 48.9 Å². The van der Waals surface area contributed by atoms with Crippen LogP contribution in [0.15, 0.2) is 58.7 Å². The Morgan fingerprint density at radius 2 is 1.90 bits per heavy atom. The normalized spacial score (nSPS) is 16.1. The number of phenols is 1. The van der Waals surface area contributed by atoms with E-state index < -0.39 is 0 Å². The summed E-state index contributed by atoms with van der Waals surface area (Å²) in [7, 11) is 0. The number of fused-ring (bicyclic) bond motifs is 3. The van der Waals surface area contributed by atoms with Crippen LogP contribution in [0, 0.1) is 13.8 Å². The van der Waals surface area contributed by atoms with Crippen molar-refractivity contribution >= 4 is 33.3 Å². The van der Waals surface area contributed by atoms with Gasteiger partial charge in [0.05, 0.1) is 0 Å². The summed E-state index contributed by atoms with van der Waals surface area (Å²) in [6, 6.07) is 14.3. The van der Waals surface area contributed by atoms with Crippen molar-refractivity contribution in [3.05, 3.63) is 75.9 Å².